The first-order valence-corrected chi connectivity index (χ1v) is 20.5. The monoisotopic (exact) mass is 786 g/mol. The van der Waals surface area contributed by atoms with Gasteiger partial charge >= 0.3 is 0 Å². The second kappa shape index (κ2) is 15.2. The van der Waals surface area contributed by atoms with Crippen LogP contribution < -0.4 is 19.3 Å². The average Bonchev–Trinajstić information content (AvgIpc) is 3.33. The minimum absolute atomic E-state index is 0.0265. The third-order valence-corrected chi connectivity index (χ3v) is 11.5. The van der Waals surface area contributed by atoms with Crippen molar-refractivity contribution in [3.63, 3.8) is 0 Å². The Labute approximate surface area is 355 Å². The quantitative estimate of drug-likeness (QED) is 0.144. The highest BCUT2D eigenvalue weighted by Crippen LogP contribution is 2.52. The molecule has 0 bridgehead atoms. The summed E-state index contributed by atoms with van der Waals surface area (Å²) in [6.45, 7) is 0. The van der Waals surface area contributed by atoms with Crippen molar-refractivity contribution in [2.45, 2.75) is 6.42 Å². The molecule has 0 spiro atoms. The van der Waals surface area contributed by atoms with Crippen molar-refractivity contribution in [3.8, 4) is 45.3 Å². The number of ketones is 1. The van der Waals surface area contributed by atoms with Crippen molar-refractivity contribution >= 4 is 39.9 Å². The summed E-state index contributed by atoms with van der Waals surface area (Å²) in [6, 6.07) is 74.1. The van der Waals surface area contributed by atoms with E-state index in [4.69, 9.17) is 9.47 Å². The highest BCUT2D eigenvalue weighted by molar-refractivity contribution is 6.14. The normalized spacial score (nSPS) is 12.3. The molecule has 9 aromatic carbocycles. The molecule has 0 fully saturated rings. The van der Waals surface area contributed by atoms with E-state index in [1.807, 2.05) is 109 Å². The van der Waals surface area contributed by atoms with Crippen LogP contribution in [0.15, 0.2) is 218 Å². The summed E-state index contributed by atoms with van der Waals surface area (Å²) in [7, 11) is 0. The van der Waals surface area contributed by atoms with Crippen LogP contribution in [-0.2, 0) is 6.42 Å². The molecule has 0 aliphatic carbocycles. The predicted octanol–water partition coefficient (Wildman–Crippen LogP) is 15.0. The van der Waals surface area contributed by atoms with E-state index in [0.29, 0.717) is 17.5 Å². The Morgan fingerprint density at radius 3 is 1.25 bits per heavy atom. The highest BCUT2D eigenvalue weighted by Gasteiger charge is 2.28. The lowest BCUT2D eigenvalue weighted by molar-refractivity contribution is 0.103. The number of hydrogen-bond acceptors (Lipinski definition) is 5. The predicted molar refractivity (Wildman–Crippen MR) is 246 cm³/mol. The molecule has 2 heterocycles. The van der Waals surface area contributed by atoms with Crippen LogP contribution >= 0.6 is 0 Å². The third-order valence-electron chi connectivity index (χ3n) is 11.5. The fourth-order valence-electron chi connectivity index (χ4n) is 8.59. The van der Waals surface area contributed by atoms with Gasteiger partial charge < -0.3 is 19.3 Å². The molecule has 61 heavy (non-hydrogen) atoms. The Morgan fingerprint density at radius 1 is 0.393 bits per heavy atom. The third kappa shape index (κ3) is 6.59. The summed E-state index contributed by atoms with van der Waals surface area (Å²) in [5.41, 5.74) is 13.4. The first-order chi connectivity index (χ1) is 30.2. The first-order valence-electron chi connectivity index (χ1n) is 20.5. The van der Waals surface area contributed by atoms with Gasteiger partial charge in [-0.3, -0.25) is 4.79 Å². The maximum atomic E-state index is 14.7. The number of para-hydroxylation sites is 8. The number of rotatable bonds is 8. The second-order valence-corrected chi connectivity index (χ2v) is 15.3. The minimum atomic E-state index is -0.0265. The lowest BCUT2D eigenvalue weighted by atomic mass is 9.85. The van der Waals surface area contributed by atoms with Gasteiger partial charge in [0.25, 0.3) is 0 Å². The molecule has 5 heteroatoms. The van der Waals surface area contributed by atoms with Gasteiger partial charge in [-0.1, -0.05) is 133 Å². The molecule has 0 radical (unpaired) electrons. The number of fused-ring (bicyclic) bond motifs is 4. The van der Waals surface area contributed by atoms with Gasteiger partial charge in [0, 0.05) is 22.5 Å². The average molecular weight is 787 g/mol. The van der Waals surface area contributed by atoms with Crippen LogP contribution in [0, 0.1) is 0 Å². The van der Waals surface area contributed by atoms with Gasteiger partial charge in [-0.05, 0) is 125 Å². The van der Waals surface area contributed by atoms with E-state index in [0.717, 1.165) is 84.9 Å². The number of benzene rings is 9. The topological polar surface area (TPSA) is 42.0 Å². The zero-order valence-electron chi connectivity index (χ0n) is 33.1. The largest absolute Gasteiger partial charge is 0.453 e. The minimum Gasteiger partial charge on any atom is -0.453 e. The SMILES string of the molecule is O=C(c1ccccc1)c1cc(-c2ccc(N3c4ccccc4Oc4ccccc43)cc2)c(Cc2ccccc2)cc1-c1ccc(N2c3ccccc3Oc3ccccc32)cc1. The Morgan fingerprint density at radius 2 is 0.787 bits per heavy atom. The van der Waals surface area contributed by atoms with E-state index in [2.05, 4.69) is 119 Å². The summed E-state index contributed by atoms with van der Waals surface area (Å²) in [5, 5.41) is 0. The lowest BCUT2D eigenvalue weighted by Gasteiger charge is -2.33. The molecule has 0 N–H and O–H groups in total. The van der Waals surface area contributed by atoms with Crippen LogP contribution in [0.25, 0.3) is 22.3 Å². The van der Waals surface area contributed by atoms with Crippen molar-refractivity contribution in [2.75, 3.05) is 9.80 Å². The maximum Gasteiger partial charge on any atom is 0.193 e. The number of ether oxygens (including phenoxy) is 2. The Kier molecular flexibility index (Phi) is 8.98. The van der Waals surface area contributed by atoms with Gasteiger partial charge in [-0.25, -0.2) is 0 Å². The number of carbonyl (C=O) groups is 1. The van der Waals surface area contributed by atoms with Gasteiger partial charge in [0.2, 0.25) is 0 Å². The zero-order chi connectivity index (χ0) is 40.7. The van der Waals surface area contributed by atoms with Crippen LogP contribution in [-0.4, -0.2) is 5.78 Å². The molecule has 5 nitrogen and oxygen atoms in total. The number of carbonyl (C=O) groups excluding carboxylic acids is 1. The van der Waals surface area contributed by atoms with Crippen molar-refractivity contribution < 1.29 is 14.3 Å². The summed E-state index contributed by atoms with van der Waals surface area (Å²) >= 11 is 0. The second-order valence-electron chi connectivity index (χ2n) is 15.3. The summed E-state index contributed by atoms with van der Waals surface area (Å²) in [6.07, 6.45) is 0.689. The van der Waals surface area contributed by atoms with Gasteiger partial charge in [0.1, 0.15) is 0 Å². The molecular weight excluding hydrogens is 749 g/mol. The molecule has 11 rings (SSSR count). The summed E-state index contributed by atoms with van der Waals surface area (Å²) < 4.78 is 12.6. The number of anilines is 6. The number of nitrogens with zero attached hydrogens (tertiary/aromatic N) is 2. The van der Waals surface area contributed by atoms with Crippen LogP contribution in [0.1, 0.15) is 27.0 Å². The van der Waals surface area contributed by atoms with E-state index < -0.39 is 0 Å². The smallest absolute Gasteiger partial charge is 0.193 e. The van der Waals surface area contributed by atoms with Crippen LogP contribution in [0.2, 0.25) is 0 Å². The van der Waals surface area contributed by atoms with Crippen molar-refractivity contribution in [2.24, 2.45) is 0 Å². The molecule has 0 atom stereocenters. The fourth-order valence-corrected chi connectivity index (χ4v) is 8.59. The van der Waals surface area contributed by atoms with Crippen LogP contribution in [0.3, 0.4) is 0 Å². The van der Waals surface area contributed by atoms with Gasteiger partial charge in [-0.15, -0.1) is 0 Å². The van der Waals surface area contributed by atoms with Gasteiger partial charge in [-0.2, -0.15) is 0 Å². The first kappa shape index (κ1) is 36.0. The molecule has 9 aromatic rings. The van der Waals surface area contributed by atoms with Crippen LogP contribution in [0.5, 0.6) is 23.0 Å². The van der Waals surface area contributed by atoms with Gasteiger partial charge in [0.05, 0.1) is 22.7 Å². The standard InChI is InChI=1S/C56H38N2O3/c59-56(41-17-5-2-6-18-41)47-37-45(39-27-31-43(32-28-39)57-48-19-7-11-23-52(48)60-53-24-12-8-20-49(53)57)42(35-38-15-3-1-4-16-38)36-46(47)40-29-33-44(34-30-40)58-50-21-9-13-25-54(50)61-55-26-14-10-22-51(55)58/h1-34,36-37H,35H2. The van der Waals surface area contributed by atoms with Crippen LogP contribution in [0.4, 0.5) is 34.1 Å². The lowest BCUT2D eigenvalue weighted by Crippen LogP contribution is -2.15. The maximum absolute atomic E-state index is 14.7. The molecule has 0 saturated carbocycles. The summed E-state index contributed by atoms with van der Waals surface area (Å²) in [5.74, 6) is 3.19. The Hall–Kier alpha value is -8.15. The molecule has 290 valence electrons. The van der Waals surface area contributed by atoms with Crippen molar-refractivity contribution in [1.29, 1.82) is 0 Å². The van der Waals surface area contributed by atoms with E-state index in [-0.39, 0.29) is 5.78 Å². The molecule has 2 aliphatic heterocycles. The zero-order valence-corrected chi connectivity index (χ0v) is 33.1. The Balaban J connectivity index is 1.04. The van der Waals surface area contributed by atoms with E-state index in [1.54, 1.807) is 0 Å². The fraction of sp³-hybridized carbons (Fsp3) is 0.0179. The molecule has 2 aliphatic rings. The van der Waals surface area contributed by atoms with E-state index in [9.17, 15) is 4.79 Å². The molecule has 0 saturated heterocycles. The van der Waals surface area contributed by atoms with Gasteiger partial charge in [0.15, 0.2) is 28.8 Å². The summed E-state index contributed by atoms with van der Waals surface area (Å²) in [4.78, 5) is 19.2. The molecular formula is C56H38N2O3. The van der Waals surface area contributed by atoms with E-state index >= 15 is 0 Å². The Bertz CT molecular complexity index is 2980. The molecule has 0 unspecified atom stereocenters. The molecule has 0 amide bonds. The molecule has 0 aromatic heterocycles. The van der Waals surface area contributed by atoms with E-state index in [1.165, 1.54) is 5.56 Å². The number of hydrogen-bond donors (Lipinski definition) is 0. The van der Waals surface area contributed by atoms with Crippen molar-refractivity contribution in [3.05, 3.63) is 241 Å². The highest BCUT2D eigenvalue weighted by atomic mass is 16.5. The van der Waals surface area contributed by atoms with Crippen molar-refractivity contribution in [1.82, 2.24) is 0 Å².